The molecule has 0 bridgehead atoms. The van der Waals surface area contributed by atoms with Crippen LogP contribution in [0.15, 0.2) is 18.2 Å². The predicted octanol–water partition coefficient (Wildman–Crippen LogP) is 1.96. The number of aliphatic carboxylic acids is 1. The maximum Gasteiger partial charge on any atom is 0.323 e. The highest BCUT2D eigenvalue weighted by atomic mass is 16.6. The van der Waals surface area contributed by atoms with E-state index in [0.717, 1.165) is 24.1 Å². The Balaban J connectivity index is 2.30. The highest BCUT2D eigenvalue weighted by Gasteiger charge is 2.31. The molecule has 0 saturated heterocycles. The third-order valence-electron chi connectivity index (χ3n) is 2.99. The molecule has 0 aliphatic heterocycles. The van der Waals surface area contributed by atoms with E-state index in [1.54, 1.807) is 17.9 Å². The van der Waals surface area contributed by atoms with Gasteiger partial charge in [-0.25, -0.2) is 0 Å². The summed E-state index contributed by atoms with van der Waals surface area (Å²) in [6.45, 7) is 1.70. The molecule has 1 saturated carbocycles. The van der Waals surface area contributed by atoms with E-state index in [1.807, 2.05) is 0 Å². The SMILES string of the molecule is Cc1cc([N+](=O)[O-])ccc1N(CC(=O)O)C1CC1. The van der Waals surface area contributed by atoms with Crippen molar-refractivity contribution in [3.63, 3.8) is 0 Å². The maximum atomic E-state index is 10.9. The van der Waals surface area contributed by atoms with Gasteiger partial charge in [0.1, 0.15) is 6.54 Å². The molecule has 2 rings (SSSR count). The zero-order valence-electron chi connectivity index (χ0n) is 10.00. The second-order valence-electron chi connectivity index (χ2n) is 4.48. The summed E-state index contributed by atoms with van der Waals surface area (Å²) in [4.78, 5) is 22.9. The van der Waals surface area contributed by atoms with Gasteiger partial charge in [-0.15, -0.1) is 0 Å². The van der Waals surface area contributed by atoms with Gasteiger partial charge in [0.05, 0.1) is 4.92 Å². The molecule has 0 spiro atoms. The number of benzene rings is 1. The van der Waals surface area contributed by atoms with Crippen LogP contribution in [0.4, 0.5) is 11.4 Å². The number of carboxylic acids is 1. The van der Waals surface area contributed by atoms with Crippen LogP contribution in [0, 0.1) is 17.0 Å². The summed E-state index contributed by atoms with van der Waals surface area (Å²) >= 11 is 0. The van der Waals surface area contributed by atoms with Gasteiger partial charge < -0.3 is 10.0 Å². The highest BCUT2D eigenvalue weighted by molar-refractivity contribution is 5.75. The van der Waals surface area contributed by atoms with Crippen molar-refractivity contribution in [2.75, 3.05) is 11.4 Å². The summed E-state index contributed by atoms with van der Waals surface area (Å²) < 4.78 is 0. The van der Waals surface area contributed by atoms with Gasteiger partial charge in [-0.2, -0.15) is 0 Å². The molecular formula is C12H14N2O4. The van der Waals surface area contributed by atoms with Gasteiger partial charge in [-0.3, -0.25) is 14.9 Å². The Hall–Kier alpha value is -2.11. The lowest BCUT2D eigenvalue weighted by Gasteiger charge is -2.24. The number of non-ortho nitro benzene ring substituents is 1. The Labute approximate surface area is 104 Å². The Kier molecular flexibility index (Phi) is 3.18. The van der Waals surface area contributed by atoms with Gasteiger partial charge in [0, 0.05) is 23.9 Å². The second-order valence-corrected chi connectivity index (χ2v) is 4.48. The van der Waals surface area contributed by atoms with Crippen LogP contribution in [0.3, 0.4) is 0 Å². The van der Waals surface area contributed by atoms with Crippen molar-refractivity contribution in [2.24, 2.45) is 0 Å². The minimum Gasteiger partial charge on any atom is -0.480 e. The first-order valence-electron chi connectivity index (χ1n) is 5.72. The van der Waals surface area contributed by atoms with Crippen LogP contribution in [0.2, 0.25) is 0 Å². The Morgan fingerprint density at radius 3 is 2.67 bits per heavy atom. The quantitative estimate of drug-likeness (QED) is 0.637. The fourth-order valence-corrected chi connectivity index (χ4v) is 2.02. The molecular weight excluding hydrogens is 236 g/mol. The summed E-state index contributed by atoms with van der Waals surface area (Å²) in [5.41, 5.74) is 1.53. The first kappa shape index (κ1) is 12.3. The lowest BCUT2D eigenvalue weighted by Crippen LogP contribution is -2.32. The number of carbonyl (C=O) groups is 1. The number of hydrogen-bond acceptors (Lipinski definition) is 4. The van der Waals surface area contributed by atoms with Gasteiger partial charge >= 0.3 is 5.97 Å². The van der Waals surface area contributed by atoms with Crippen molar-refractivity contribution in [3.05, 3.63) is 33.9 Å². The third kappa shape index (κ3) is 2.58. The summed E-state index contributed by atoms with van der Waals surface area (Å²) in [7, 11) is 0. The van der Waals surface area contributed by atoms with Gasteiger partial charge in [-0.05, 0) is 31.4 Å². The first-order chi connectivity index (χ1) is 8.49. The molecule has 18 heavy (non-hydrogen) atoms. The summed E-state index contributed by atoms with van der Waals surface area (Å²) in [6.07, 6.45) is 1.95. The van der Waals surface area contributed by atoms with Crippen LogP contribution in [0.5, 0.6) is 0 Å². The molecule has 1 fully saturated rings. The zero-order valence-corrected chi connectivity index (χ0v) is 10.00. The number of carboxylic acid groups (broad SMARTS) is 1. The van der Waals surface area contributed by atoms with E-state index < -0.39 is 10.9 Å². The summed E-state index contributed by atoms with van der Waals surface area (Å²) in [5, 5.41) is 19.6. The molecule has 1 N–H and O–H groups in total. The van der Waals surface area contributed by atoms with Crippen molar-refractivity contribution < 1.29 is 14.8 Å². The van der Waals surface area contributed by atoms with E-state index in [9.17, 15) is 14.9 Å². The van der Waals surface area contributed by atoms with E-state index >= 15 is 0 Å². The van der Waals surface area contributed by atoms with E-state index in [2.05, 4.69) is 0 Å². The van der Waals surface area contributed by atoms with Crippen LogP contribution in [0.1, 0.15) is 18.4 Å². The van der Waals surface area contributed by atoms with Crippen LogP contribution in [0.25, 0.3) is 0 Å². The fraction of sp³-hybridized carbons (Fsp3) is 0.417. The number of rotatable bonds is 5. The minimum absolute atomic E-state index is 0.0299. The predicted molar refractivity (Wildman–Crippen MR) is 65.8 cm³/mol. The van der Waals surface area contributed by atoms with Crippen molar-refractivity contribution in [1.82, 2.24) is 0 Å². The lowest BCUT2D eigenvalue weighted by atomic mass is 10.1. The molecule has 0 amide bonds. The fourth-order valence-electron chi connectivity index (χ4n) is 2.02. The van der Waals surface area contributed by atoms with Gasteiger partial charge in [0.25, 0.3) is 5.69 Å². The monoisotopic (exact) mass is 250 g/mol. The number of anilines is 1. The molecule has 0 aromatic heterocycles. The molecule has 0 radical (unpaired) electrons. The molecule has 1 aliphatic carbocycles. The molecule has 6 nitrogen and oxygen atoms in total. The standard InChI is InChI=1S/C12H14N2O4/c1-8-6-10(14(17)18)4-5-11(8)13(7-12(15)16)9-2-3-9/h4-6,9H,2-3,7H2,1H3,(H,15,16). The highest BCUT2D eigenvalue weighted by Crippen LogP contribution is 2.34. The van der Waals surface area contributed by atoms with E-state index in [-0.39, 0.29) is 18.3 Å². The van der Waals surface area contributed by atoms with E-state index in [1.165, 1.54) is 12.1 Å². The lowest BCUT2D eigenvalue weighted by molar-refractivity contribution is -0.384. The maximum absolute atomic E-state index is 10.9. The van der Waals surface area contributed by atoms with Crippen molar-refractivity contribution >= 4 is 17.3 Å². The largest absolute Gasteiger partial charge is 0.480 e. The summed E-state index contributed by atoms with van der Waals surface area (Å²) in [6, 6.07) is 4.78. The molecule has 1 aromatic carbocycles. The zero-order chi connectivity index (χ0) is 13.3. The second kappa shape index (κ2) is 4.64. The normalized spacial score (nSPS) is 14.3. The molecule has 0 heterocycles. The number of nitro benzene ring substituents is 1. The number of nitrogens with zero attached hydrogens (tertiary/aromatic N) is 2. The van der Waals surface area contributed by atoms with Gasteiger partial charge in [-0.1, -0.05) is 0 Å². The van der Waals surface area contributed by atoms with E-state index in [4.69, 9.17) is 5.11 Å². The Morgan fingerprint density at radius 1 is 1.56 bits per heavy atom. The topological polar surface area (TPSA) is 83.7 Å². The Morgan fingerprint density at radius 2 is 2.22 bits per heavy atom. The van der Waals surface area contributed by atoms with Crippen molar-refractivity contribution in [3.8, 4) is 0 Å². The van der Waals surface area contributed by atoms with E-state index in [0.29, 0.717) is 0 Å². The number of nitro groups is 1. The molecule has 0 unspecified atom stereocenters. The van der Waals surface area contributed by atoms with Crippen molar-refractivity contribution in [2.45, 2.75) is 25.8 Å². The first-order valence-corrected chi connectivity index (χ1v) is 5.72. The smallest absolute Gasteiger partial charge is 0.323 e. The number of hydrogen-bond donors (Lipinski definition) is 1. The van der Waals surface area contributed by atoms with Gasteiger partial charge in [0.2, 0.25) is 0 Å². The van der Waals surface area contributed by atoms with Crippen LogP contribution in [-0.2, 0) is 4.79 Å². The molecule has 6 heteroatoms. The molecule has 1 aliphatic rings. The molecule has 0 atom stereocenters. The van der Waals surface area contributed by atoms with Crippen molar-refractivity contribution in [1.29, 1.82) is 0 Å². The average Bonchev–Trinajstić information content (AvgIpc) is 3.09. The van der Waals surface area contributed by atoms with Crippen LogP contribution >= 0.6 is 0 Å². The number of aryl methyl sites for hydroxylation is 1. The summed E-state index contributed by atoms with van der Waals surface area (Å²) in [5.74, 6) is -0.889. The molecule has 96 valence electrons. The Bertz CT molecular complexity index is 497. The third-order valence-corrected chi connectivity index (χ3v) is 2.99. The molecule has 1 aromatic rings. The minimum atomic E-state index is -0.889. The average molecular weight is 250 g/mol. The van der Waals surface area contributed by atoms with Crippen LogP contribution in [-0.4, -0.2) is 28.6 Å². The van der Waals surface area contributed by atoms with Crippen LogP contribution < -0.4 is 4.90 Å². The van der Waals surface area contributed by atoms with Gasteiger partial charge in [0.15, 0.2) is 0 Å².